The zero-order chi connectivity index (χ0) is 15.0. The molecule has 1 aromatic heterocycles. The molecule has 104 valence electrons. The molecule has 0 saturated carbocycles. The van der Waals surface area contributed by atoms with Crippen LogP contribution in [0.25, 0.3) is 22.3 Å². The van der Waals surface area contributed by atoms with Crippen molar-refractivity contribution in [3.05, 3.63) is 63.2 Å². The monoisotopic (exact) mass is 344 g/mol. The molecule has 0 radical (unpaired) electrons. The third kappa shape index (κ3) is 2.78. The molecule has 21 heavy (non-hydrogen) atoms. The molecule has 0 fully saturated rings. The van der Waals surface area contributed by atoms with Crippen molar-refractivity contribution in [2.24, 2.45) is 0 Å². The Bertz CT molecular complexity index is 856. The zero-order valence-corrected chi connectivity index (χ0v) is 12.4. The lowest BCUT2D eigenvalue weighted by molar-refractivity contribution is 0.426. The van der Waals surface area contributed by atoms with Gasteiger partial charge in [-0.15, -0.1) is 0 Å². The van der Waals surface area contributed by atoms with Gasteiger partial charge in [0.05, 0.1) is 5.39 Å². The molecule has 3 aromatic rings. The topological polar surface area (TPSA) is 70.7 Å². The summed E-state index contributed by atoms with van der Waals surface area (Å²) in [5, 5.41) is 18.7. The van der Waals surface area contributed by atoms with Crippen molar-refractivity contribution in [3.8, 4) is 11.3 Å². The molecule has 0 aliphatic rings. The van der Waals surface area contributed by atoms with Crippen LogP contribution >= 0.6 is 15.9 Å². The van der Waals surface area contributed by atoms with Crippen molar-refractivity contribution in [1.29, 1.82) is 0 Å². The van der Waals surface area contributed by atoms with Gasteiger partial charge >= 0.3 is 7.12 Å². The third-order valence-corrected chi connectivity index (χ3v) is 3.68. The van der Waals surface area contributed by atoms with Crippen LogP contribution in [-0.4, -0.2) is 17.2 Å². The molecule has 0 atom stereocenters. The molecule has 6 heteroatoms. The number of halogens is 1. The lowest BCUT2D eigenvalue weighted by Gasteiger charge is -2.05. The number of hydrogen-bond acceptors (Lipinski definition) is 4. The zero-order valence-electron chi connectivity index (χ0n) is 10.8. The molecule has 0 aliphatic heterocycles. The first-order valence-electron chi connectivity index (χ1n) is 6.24. The molecule has 0 amide bonds. The van der Waals surface area contributed by atoms with Gasteiger partial charge in [0.1, 0.15) is 11.3 Å². The number of rotatable bonds is 2. The summed E-state index contributed by atoms with van der Waals surface area (Å²) >= 11 is 3.32. The Morgan fingerprint density at radius 3 is 2.38 bits per heavy atom. The maximum atomic E-state index is 12.1. The fourth-order valence-corrected chi connectivity index (χ4v) is 2.45. The summed E-state index contributed by atoms with van der Waals surface area (Å²) in [6.07, 6.45) is 0. The smallest absolute Gasteiger partial charge is 0.456 e. The van der Waals surface area contributed by atoms with Crippen LogP contribution in [0.4, 0.5) is 0 Å². The minimum Gasteiger partial charge on any atom is -0.456 e. The Labute approximate surface area is 128 Å². The fraction of sp³-hybridized carbons (Fsp3) is 0. The Hall–Kier alpha value is -1.89. The molecule has 0 spiro atoms. The molecule has 2 aromatic carbocycles. The van der Waals surface area contributed by atoms with E-state index in [9.17, 15) is 4.79 Å². The van der Waals surface area contributed by atoms with Gasteiger partial charge < -0.3 is 14.5 Å². The van der Waals surface area contributed by atoms with Gasteiger partial charge in [-0.25, -0.2) is 0 Å². The normalized spacial score (nSPS) is 10.8. The summed E-state index contributed by atoms with van der Waals surface area (Å²) in [4.78, 5) is 12.1. The minimum atomic E-state index is -1.51. The van der Waals surface area contributed by atoms with Crippen molar-refractivity contribution in [1.82, 2.24) is 0 Å². The Morgan fingerprint density at radius 2 is 1.71 bits per heavy atom. The Morgan fingerprint density at radius 1 is 1.00 bits per heavy atom. The predicted molar refractivity (Wildman–Crippen MR) is 85.4 cm³/mol. The number of fused-ring (bicyclic) bond motifs is 1. The summed E-state index contributed by atoms with van der Waals surface area (Å²) < 4.78 is 6.55. The highest BCUT2D eigenvalue weighted by molar-refractivity contribution is 9.10. The second-order valence-corrected chi connectivity index (χ2v) is 5.53. The molecule has 0 unspecified atom stereocenters. The summed E-state index contributed by atoms with van der Waals surface area (Å²) in [7, 11) is -1.51. The van der Waals surface area contributed by atoms with Crippen LogP contribution in [0.5, 0.6) is 0 Å². The van der Waals surface area contributed by atoms with Gasteiger partial charge in [-0.1, -0.05) is 40.2 Å². The second-order valence-electron chi connectivity index (χ2n) is 4.61. The van der Waals surface area contributed by atoms with Crippen LogP contribution in [-0.2, 0) is 0 Å². The highest BCUT2D eigenvalue weighted by Gasteiger charge is 2.12. The van der Waals surface area contributed by atoms with Crippen molar-refractivity contribution in [3.63, 3.8) is 0 Å². The maximum Gasteiger partial charge on any atom is 0.488 e. The van der Waals surface area contributed by atoms with E-state index in [2.05, 4.69) is 15.9 Å². The van der Waals surface area contributed by atoms with E-state index in [1.807, 2.05) is 0 Å². The summed E-state index contributed by atoms with van der Waals surface area (Å²) in [5.41, 5.74) is 1.46. The lowest BCUT2D eigenvalue weighted by atomic mass is 9.80. The molecule has 0 aliphatic carbocycles. The molecule has 4 nitrogen and oxygen atoms in total. The highest BCUT2D eigenvalue weighted by atomic mass is 79.9. The summed E-state index contributed by atoms with van der Waals surface area (Å²) in [5.74, 6) is 0.439. The summed E-state index contributed by atoms with van der Waals surface area (Å²) in [6, 6.07) is 13.2. The first kappa shape index (κ1) is 14.1. The molecular formula is C15H10BBrO4. The molecular weight excluding hydrogens is 335 g/mol. The largest absolute Gasteiger partial charge is 0.488 e. The van der Waals surface area contributed by atoms with E-state index in [1.54, 1.807) is 42.5 Å². The SMILES string of the molecule is O=c1cc(-c2ccc(B(O)O)cc2)oc2ccc(Br)cc12. The molecule has 0 saturated heterocycles. The van der Waals surface area contributed by atoms with E-state index in [4.69, 9.17) is 14.5 Å². The summed E-state index contributed by atoms with van der Waals surface area (Å²) in [6.45, 7) is 0. The van der Waals surface area contributed by atoms with Gasteiger partial charge in [0.2, 0.25) is 0 Å². The van der Waals surface area contributed by atoms with Gasteiger partial charge in [0.15, 0.2) is 5.43 Å². The van der Waals surface area contributed by atoms with E-state index in [0.29, 0.717) is 27.8 Å². The predicted octanol–water partition coefficient (Wildman–Crippen LogP) is 1.90. The Balaban J connectivity index is 2.12. The average molecular weight is 345 g/mol. The van der Waals surface area contributed by atoms with E-state index < -0.39 is 7.12 Å². The van der Waals surface area contributed by atoms with Crippen molar-refractivity contribution < 1.29 is 14.5 Å². The van der Waals surface area contributed by atoms with Crippen molar-refractivity contribution in [2.75, 3.05) is 0 Å². The molecule has 0 bridgehead atoms. The van der Waals surface area contributed by atoms with Gasteiger partial charge in [-0.2, -0.15) is 0 Å². The standard InChI is InChI=1S/C15H10BBrO4/c17-11-5-6-14-12(7-11)13(18)8-15(21-14)9-1-3-10(4-2-9)16(19)20/h1-8,19-20H. The van der Waals surface area contributed by atoms with Gasteiger partial charge in [0, 0.05) is 16.1 Å². The minimum absolute atomic E-state index is 0.126. The van der Waals surface area contributed by atoms with Crippen LogP contribution in [0.1, 0.15) is 0 Å². The van der Waals surface area contributed by atoms with Crippen LogP contribution in [0.3, 0.4) is 0 Å². The first-order valence-corrected chi connectivity index (χ1v) is 7.04. The van der Waals surface area contributed by atoms with E-state index >= 15 is 0 Å². The van der Waals surface area contributed by atoms with Gasteiger partial charge in [-0.05, 0) is 23.7 Å². The molecule has 2 N–H and O–H groups in total. The lowest BCUT2D eigenvalue weighted by Crippen LogP contribution is -2.29. The number of hydrogen-bond donors (Lipinski definition) is 2. The van der Waals surface area contributed by atoms with Crippen molar-refractivity contribution >= 4 is 39.5 Å². The second kappa shape index (κ2) is 5.48. The fourth-order valence-electron chi connectivity index (χ4n) is 2.09. The molecule has 1 heterocycles. The quantitative estimate of drug-likeness (QED) is 0.696. The van der Waals surface area contributed by atoms with Gasteiger partial charge in [0.25, 0.3) is 0 Å². The van der Waals surface area contributed by atoms with Crippen LogP contribution in [0, 0.1) is 0 Å². The number of benzene rings is 2. The van der Waals surface area contributed by atoms with Crippen LogP contribution < -0.4 is 10.9 Å². The van der Waals surface area contributed by atoms with Crippen LogP contribution in [0.2, 0.25) is 0 Å². The van der Waals surface area contributed by atoms with Gasteiger partial charge in [-0.3, -0.25) is 4.79 Å². The highest BCUT2D eigenvalue weighted by Crippen LogP contribution is 2.23. The Kier molecular flexibility index (Phi) is 3.67. The molecule has 3 rings (SSSR count). The van der Waals surface area contributed by atoms with E-state index in [-0.39, 0.29) is 5.43 Å². The van der Waals surface area contributed by atoms with Crippen LogP contribution in [0.15, 0.2) is 62.2 Å². The third-order valence-electron chi connectivity index (χ3n) is 3.18. The maximum absolute atomic E-state index is 12.1. The van der Waals surface area contributed by atoms with Crippen molar-refractivity contribution in [2.45, 2.75) is 0 Å². The van der Waals surface area contributed by atoms with E-state index in [0.717, 1.165) is 4.47 Å². The average Bonchev–Trinajstić information content (AvgIpc) is 2.48. The van der Waals surface area contributed by atoms with E-state index in [1.165, 1.54) is 6.07 Å². The first-order chi connectivity index (χ1) is 10.0.